The number of ether oxygens (including phenoxy) is 1. The third-order valence-electron chi connectivity index (χ3n) is 4.52. The van der Waals surface area contributed by atoms with Gasteiger partial charge in [-0.2, -0.15) is 0 Å². The van der Waals surface area contributed by atoms with E-state index in [-0.39, 0.29) is 24.4 Å². The fraction of sp³-hybridized carbons (Fsp3) is 0.333. The third-order valence-corrected chi connectivity index (χ3v) is 4.52. The molecular formula is C18H20ClN3O2. The number of amides is 1. The van der Waals surface area contributed by atoms with Gasteiger partial charge in [0.15, 0.2) is 0 Å². The molecule has 1 amide bonds. The van der Waals surface area contributed by atoms with Crippen LogP contribution >= 0.6 is 12.4 Å². The minimum Gasteiger partial charge on any atom is -0.486 e. The van der Waals surface area contributed by atoms with Crippen LogP contribution in [0.1, 0.15) is 12.0 Å². The highest BCUT2D eigenvalue weighted by atomic mass is 35.5. The number of nitrogens with zero attached hydrogens (tertiary/aromatic N) is 2. The number of hydrogen-bond acceptors (Lipinski definition) is 4. The topological polar surface area (TPSA) is 54.5 Å². The van der Waals surface area contributed by atoms with Crippen LogP contribution in [0.3, 0.4) is 0 Å². The highest BCUT2D eigenvalue weighted by Gasteiger charge is 2.21. The highest BCUT2D eigenvalue weighted by molar-refractivity contribution is 5.96. The predicted molar refractivity (Wildman–Crippen MR) is 95.9 cm³/mol. The summed E-state index contributed by atoms with van der Waals surface area (Å²) in [5.41, 5.74) is 4.36. The molecule has 5 nitrogen and oxygen atoms in total. The number of aromatic nitrogens is 1. The van der Waals surface area contributed by atoms with Gasteiger partial charge in [-0.1, -0.05) is 6.07 Å². The molecule has 126 valence electrons. The number of carbonyl (C=O) groups excluding carboxylic acids is 1. The number of rotatable bonds is 3. The van der Waals surface area contributed by atoms with Gasteiger partial charge in [0.2, 0.25) is 5.91 Å². The van der Waals surface area contributed by atoms with Gasteiger partial charge >= 0.3 is 0 Å². The van der Waals surface area contributed by atoms with E-state index in [0.29, 0.717) is 6.42 Å². The van der Waals surface area contributed by atoms with E-state index in [2.05, 4.69) is 16.4 Å². The van der Waals surface area contributed by atoms with Crippen LogP contribution in [0, 0.1) is 0 Å². The summed E-state index contributed by atoms with van der Waals surface area (Å²) in [5, 5.41) is 3.19. The minimum atomic E-state index is 0. The molecular weight excluding hydrogens is 326 g/mol. The van der Waals surface area contributed by atoms with Crippen LogP contribution in [0.5, 0.6) is 5.75 Å². The molecule has 24 heavy (non-hydrogen) atoms. The summed E-state index contributed by atoms with van der Waals surface area (Å²) in [6.07, 6.45) is 5.22. The summed E-state index contributed by atoms with van der Waals surface area (Å²) < 4.78 is 5.88. The Morgan fingerprint density at radius 2 is 2.00 bits per heavy atom. The van der Waals surface area contributed by atoms with E-state index < -0.39 is 0 Å². The maximum atomic E-state index is 11.8. The Labute approximate surface area is 147 Å². The second kappa shape index (κ2) is 6.79. The van der Waals surface area contributed by atoms with Crippen LogP contribution in [0.2, 0.25) is 0 Å². The zero-order chi connectivity index (χ0) is 15.8. The number of carbonyl (C=O) groups is 1. The average molecular weight is 346 g/mol. The van der Waals surface area contributed by atoms with Gasteiger partial charge in [-0.05, 0) is 35.7 Å². The Morgan fingerprint density at radius 1 is 1.17 bits per heavy atom. The first-order valence-electron chi connectivity index (χ1n) is 7.93. The second-order valence-electron chi connectivity index (χ2n) is 6.10. The van der Waals surface area contributed by atoms with E-state index >= 15 is 0 Å². The van der Waals surface area contributed by atoms with Crippen LogP contribution in [-0.4, -0.2) is 37.1 Å². The first-order chi connectivity index (χ1) is 11.2. The maximum absolute atomic E-state index is 11.8. The number of hydrogen-bond donors (Lipinski definition) is 1. The molecule has 1 aromatic heterocycles. The standard InChI is InChI=1S/C18H19N3O2.ClH/c1-21-17-4-2-12(6-13(17)3-5-18(21)22)14-7-15(9-19-8-14)23-16-10-20-11-16;/h2,4,6-9,16,20H,3,5,10-11H2,1H3;1H. The first kappa shape index (κ1) is 16.7. The molecule has 0 unspecified atom stereocenters. The molecule has 1 aromatic carbocycles. The molecule has 0 bridgehead atoms. The average Bonchev–Trinajstić information content (AvgIpc) is 2.54. The molecule has 2 aromatic rings. The van der Waals surface area contributed by atoms with Gasteiger partial charge in [0, 0.05) is 44.0 Å². The molecule has 3 heterocycles. The fourth-order valence-corrected chi connectivity index (χ4v) is 3.02. The summed E-state index contributed by atoms with van der Waals surface area (Å²) in [5.74, 6) is 0.982. The highest BCUT2D eigenvalue weighted by Crippen LogP contribution is 2.32. The number of benzene rings is 1. The zero-order valence-corrected chi connectivity index (χ0v) is 14.3. The minimum absolute atomic E-state index is 0. The Bertz CT molecular complexity index is 762. The van der Waals surface area contributed by atoms with Gasteiger partial charge in [-0.3, -0.25) is 9.78 Å². The molecule has 1 saturated heterocycles. The lowest BCUT2D eigenvalue weighted by Crippen LogP contribution is -2.50. The summed E-state index contributed by atoms with van der Waals surface area (Å²) in [6.45, 7) is 1.78. The Kier molecular flexibility index (Phi) is 4.73. The van der Waals surface area contributed by atoms with Crippen molar-refractivity contribution in [3.63, 3.8) is 0 Å². The van der Waals surface area contributed by atoms with Crippen molar-refractivity contribution in [2.24, 2.45) is 0 Å². The molecule has 0 saturated carbocycles. The van der Waals surface area contributed by atoms with Crippen molar-refractivity contribution >= 4 is 24.0 Å². The van der Waals surface area contributed by atoms with Crippen molar-refractivity contribution in [3.8, 4) is 16.9 Å². The van der Waals surface area contributed by atoms with E-state index in [9.17, 15) is 4.79 Å². The van der Waals surface area contributed by atoms with Crippen LogP contribution in [0.4, 0.5) is 5.69 Å². The summed E-state index contributed by atoms with van der Waals surface area (Å²) in [6, 6.07) is 8.25. The third kappa shape index (κ3) is 3.09. The van der Waals surface area contributed by atoms with Crippen molar-refractivity contribution in [2.75, 3.05) is 25.0 Å². The number of anilines is 1. The van der Waals surface area contributed by atoms with E-state index in [1.54, 1.807) is 11.1 Å². The predicted octanol–water partition coefficient (Wildman–Crippen LogP) is 2.43. The summed E-state index contributed by atoms with van der Waals surface area (Å²) >= 11 is 0. The summed E-state index contributed by atoms with van der Waals surface area (Å²) in [4.78, 5) is 17.8. The molecule has 0 radical (unpaired) electrons. The zero-order valence-electron chi connectivity index (χ0n) is 13.5. The van der Waals surface area contributed by atoms with Crippen molar-refractivity contribution in [2.45, 2.75) is 18.9 Å². The molecule has 0 aliphatic carbocycles. The van der Waals surface area contributed by atoms with E-state index in [1.807, 2.05) is 31.4 Å². The lowest BCUT2D eigenvalue weighted by atomic mass is 9.97. The molecule has 4 rings (SSSR count). The van der Waals surface area contributed by atoms with Gasteiger partial charge in [-0.25, -0.2) is 0 Å². The largest absolute Gasteiger partial charge is 0.486 e. The monoisotopic (exact) mass is 345 g/mol. The number of halogens is 1. The van der Waals surface area contributed by atoms with Crippen LogP contribution in [0.15, 0.2) is 36.7 Å². The van der Waals surface area contributed by atoms with E-state index in [1.165, 1.54) is 5.56 Å². The molecule has 0 spiro atoms. The van der Waals surface area contributed by atoms with Crippen molar-refractivity contribution < 1.29 is 9.53 Å². The fourth-order valence-electron chi connectivity index (χ4n) is 3.02. The van der Waals surface area contributed by atoms with Gasteiger partial charge in [0.1, 0.15) is 11.9 Å². The summed E-state index contributed by atoms with van der Waals surface area (Å²) in [7, 11) is 1.84. The van der Waals surface area contributed by atoms with Crippen LogP contribution in [0.25, 0.3) is 11.1 Å². The Hall–Kier alpha value is -2.11. The quantitative estimate of drug-likeness (QED) is 0.928. The number of nitrogens with one attached hydrogen (secondary N) is 1. The van der Waals surface area contributed by atoms with Gasteiger partial charge < -0.3 is 15.0 Å². The molecule has 2 aliphatic rings. The van der Waals surface area contributed by atoms with Gasteiger partial charge in [-0.15, -0.1) is 12.4 Å². The smallest absolute Gasteiger partial charge is 0.227 e. The Morgan fingerprint density at radius 3 is 2.75 bits per heavy atom. The molecule has 2 aliphatic heterocycles. The lowest BCUT2D eigenvalue weighted by Gasteiger charge is -2.28. The van der Waals surface area contributed by atoms with Crippen molar-refractivity contribution in [3.05, 3.63) is 42.2 Å². The van der Waals surface area contributed by atoms with Gasteiger partial charge in [0.05, 0.1) is 6.20 Å². The van der Waals surface area contributed by atoms with Crippen molar-refractivity contribution in [1.29, 1.82) is 0 Å². The number of fused-ring (bicyclic) bond motifs is 1. The SMILES string of the molecule is CN1C(=O)CCc2cc(-c3cncc(OC4CNC4)c3)ccc21.Cl. The molecule has 1 N–H and O–H groups in total. The number of aryl methyl sites for hydroxylation is 1. The number of pyridine rings is 1. The first-order valence-corrected chi connectivity index (χ1v) is 7.93. The molecule has 6 heteroatoms. The molecule has 0 atom stereocenters. The maximum Gasteiger partial charge on any atom is 0.227 e. The normalized spacial score (nSPS) is 16.9. The lowest BCUT2D eigenvalue weighted by molar-refractivity contribution is -0.118. The van der Waals surface area contributed by atoms with Crippen molar-refractivity contribution in [1.82, 2.24) is 10.3 Å². The van der Waals surface area contributed by atoms with Crippen LogP contribution < -0.4 is 15.0 Å². The van der Waals surface area contributed by atoms with Gasteiger partial charge in [0.25, 0.3) is 0 Å². The van der Waals surface area contributed by atoms with Crippen LogP contribution in [-0.2, 0) is 11.2 Å². The molecule has 1 fully saturated rings. The second-order valence-corrected chi connectivity index (χ2v) is 6.10. The Balaban J connectivity index is 0.00000169. The van der Waals surface area contributed by atoms with E-state index in [4.69, 9.17) is 4.74 Å². The van der Waals surface area contributed by atoms with E-state index in [0.717, 1.165) is 42.1 Å².